The van der Waals surface area contributed by atoms with Crippen LogP contribution in [0.25, 0.3) is 0 Å². The molecule has 0 amide bonds. The van der Waals surface area contributed by atoms with E-state index in [-0.39, 0.29) is 11.3 Å². The Morgan fingerprint density at radius 2 is 2.28 bits per heavy atom. The summed E-state index contributed by atoms with van der Waals surface area (Å²) in [6.07, 6.45) is 0.973. The van der Waals surface area contributed by atoms with Crippen LogP contribution in [0.4, 0.5) is 0 Å². The van der Waals surface area contributed by atoms with Gasteiger partial charge in [0.2, 0.25) is 11.8 Å². The fraction of sp³-hybridized carbons (Fsp3) is 0.538. The van der Waals surface area contributed by atoms with Crippen LogP contribution >= 0.6 is 11.3 Å². The second kappa shape index (κ2) is 4.48. The summed E-state index contributed by atoms with van der Waals surface area (Å²) < 4.78 is 11.2. The van der Waals surface area contributed by atoms with Gasteiger partial charge in [-0.15, -0.1) is 21.5 Å². The summed E-state index contributed by atoms with van der Waals surface area (Å²) in [6.45, 7) is 5.71. The predicted molar refractivity (Wildman–Crippen MR) is 68.9 cm³/mol. The van der Waals surface area contributed by atoms with Gasteiger partial charge in [0.25, 0.3) is 0 Å². The van der Waals surface area contributed by atoms with E-state index in [2.05, 4.69) is 35.5 Å². The third kappa shape index (κ3) is 1.97. The molecule has 1 atom stereocenters. The van der Waals surface area contributed by atoms with Crippen molar-refractivity contribution in [1.29, 1.82) is 0 Å². The lowest BCUT2D eigenvalue weighted by molar-refractivity contribution is 0.190. The maximum Gasteiger partial charge on any atom is 0.227 e. The summed E-state index contributed by atoms with van der Waals surface area (Å²) in [5.41, 5.74) is -0.223. The van der Waals surface area contributed by atoms with Crippen LogP contribution < -0.4 is 0 Å². The van der Waals surface area contributed by atoms with Crippen molar-refractivity contribution in [1.82, 2.24) is 10.2 Å². The standard InChI is InChI=1S/C13H16N2O2S/c1-13(2,10-4-3-7-18-10)12-15-14-11(17-12)9-5-6-16-8-9/h3-4,7,9H,5-6,8H2,1-2H3/t9-/m0/s1. The molecule has 3 rings (SSSR count). The van der Waals surface area contributed by atoms with Crippen LogP contribution in [0.15, 0.2) is 21.9 Å². The number of hydrogen-bond donors (Lipinski definition) is 0. The fourth-order valence-corrected chi connectivity index (χ4v) is 2.96. The Balaban J connectivity index is 1.88. The minimum Gasteiger partial charge on any atom is -0.424 e. The highest BCUT2D eigenvalue weighted by atomic mass is 32.1. The zero-order valence-corrected chi connectivity index (χ0v) is 11.4. The van der Waals surface area contributed by atoms with Crippen LogP contribution in [-0.2, 0) is 10.2 Å². The lowest BCUT2D eigenvalue weighted by atomic mass is 9.91. The molecule has 96 valence electrons. The smallest absolute Gasteiger partial charge is 0.227 e. The van der Waals surface area contributed by atoms with E-state index in [1.54, 1.807) is 11.3 Å². The molecule has 1 saturated heterocycles. The van der Waals surface area contributed by atoms with E-state index in [9.17, 15) is 0 Å². The molecule has 4 nitrogen and oxygen atoms in total. The molecular formula is C13H16N2O2S. The largest absolute Gasteiger partial charge is 0.424 e. The minimum absolute atomic E-state index is 0.223. The van der Waals surface area contributed by atoms with Gasteiger partial charge in [0.1, 0.15) is 0 Å². The molecule has 0 N–H and O–H groups in total. The van der Waals surface area contributed by atoms with Crippen molar-refractivity contribution in [3.63, 3.8) is 0 Å². The predicted octanol–water partition coefficient (Wildman–Crippen LogP) is 2.96. The Kier molecular flexibility index (Phi) is 2.95. The van der Waals surface area contributed by atoms with E-state index in [1.165, 1.54) is 4.88 Å². The summed E-state index contributed by atoms with van der Waals surface area (Å²) in [7, 11) is 0. The van der Waals surface area contributed by atoms with Gasteiger partial charge in [-0.25, -0.2) is 0 Å². The summed E-state index contributed by atoms with van der Waals surface area (Å²) >= 11 is 1.71. The molecule has 0 radical (unpaired) electrons. The lowest BCUT2D eigenvalue weighted by Gasteiger charge is -2.17. The van der Waals surface area contributed by atoms with Gasteiger partial charge in [0.05, 0.1) is 17.9 Å². The molecule has 1 aliphatic heterocycles. The number of thiophene rings is 1. The monoisotopic (exact) mass is 264 g/mol. The average molecular weight is 264 g/mol. The van der Waals surface area contributed by atoms with Gasteiger partial charge >= 0.3 is 0 Å². The molecule has 0 bridgehead atoms. The Hall–Kier alpha value is -1.20. The van der Waals surface area contributed by atoms with Crippen LogP contribution in [0, 0.1) is 0 Å². The highest BCUT2D eigenvalue weighted by Crippen LogP contribution is 2.35. The molecule has 0 saturated carbocycles. The third-order valence-corrected chi connectivity index (χ3v) is 4.58. The zero-order valence-electron chi connectivity index (χ0n) is 10.5. The van der Waals surface area contributed by atoms with E-state index >= 15 is 0 Å². The molecule has 2 aromatic heterocycles. The van der Waals surface area contributed by atoms with Gasteiger partial charge in [-0.05, 0) is 31.7 Å². The van der Waals surface area contributed by atoms with Crippen LogP contribution in [-0.4, -0.2) is 23.4 Å². The van der Waals surface area contributed by atoms with Gasteiger partial charge < -0.3 is 9.15 Å². The van der Waals surface area contributed by atoms with Crippen molar-refractivity contribution in [3.05, 3.63) is 34.2 Å². The van der Waals surface area contributed by atoms with Gasteiger partial charge in [0, 0.05) is 11.5 Å². The fourth-order valence-electron chi connectivity index (χ4n) is 2.12. The SMILES string of the molecule is CC(C)(c1nnc([C@H]2CCOC2)o1)c1cccs1. The zero-order chi connectivity index (χ0) is 12.6. The van der Waals surface area contributed by atoms with Crippen molar-refractivity contribution >= 4 is 11.3 Å². The lowest BCUT2D eigenvalue weighted by Crippen LogP contribution is -2.17. The quantitative estimate of drug-likeness (QED) is 0.855. The van der Waals surface area contributed by atoms with E-state index in [0.29, 0.717) is 18.4 Å². The first-order valence-corrected chi connectivity index (χ1v) is 7.01. The third-order valence-electron chi connectivity index (χ3n) is 3.39. The van der Waals surface area contributed by atoms with Crippen molar-refractivity contribution in [2.24, 2.45) is 0 Å². The first-order chi connectivity index (χ1) is 8.68. The Morgan fingerprint density at radius 1 is 1.39 bits per heavy atom. The molecule has 5 heteroatoms. The highest BCUT2D eigenvalue weighted by molar-refractivity contribution is 7.10. The van der Waals surface area contributed by atoms with Crippen LogP contribution in [0.2, 0.25) is 0 Å². The Morgan fingerprint density at radius 3 is 2.94 bits per heavy atom. The molecule has 2 aromatic rings. The molecule has 0 unspecified atom stereocenters. The van der Waals surface area contributed by atoms with Crippen molar-refractivity contribution in [2.75, 3.05) is 13.2 Å². The summed E-state index contributed by atoms with van der Waals surface area (Å²) in [4.78, 5) is 1.24. The maximum atomic E-state index is 5.86. The van der Waals surface area contributed by atoms with Gasteiger partial charge in [-0.3, -0.25) is 0 Å². The molecule has 18 heavy (non-hydrogen) atoms. The highest BCUT2D eigenvalue weighted by Gasteiger charge is 2.32. The maximum absolute atomic E-state index is 5.86. The van der Waals surface area contributed by atoms with E-state index < -0.39 is 0 Å². The summed E-state index contributed by atoms with van der Waals surface area (Å²) in [5, 5.41) is 10.5. The molecular weight excluding hydrogens is 248 g/mol. The summed E-state index contributed by atoms with van der Waals surface area (Å²) in [6, 6.07) is 4.15. The molecule has 0 aliphatic carbocycles. The number of nitrogens with zero attached hydrogens (tertiary/aromatic N) is 2. The van der Waals surface area contributed by atoms with Gasteiger partial charge in [0.15, 0.2) is 0 Å². The molecule has 1 aliphatic rings. The normalized spacial score (nSPS) is 20.4. The topological polar surface area (TPSA) is 48.2 Å². The molecule has 3 heterocycles. The van der Waals surface area contributed by atoms with Crippen LogP contribution in [0.3, 0.4) is 0 Å². The number of ether oxygens (including phenoxy) is 1. The van der Waals surface area contributed by atoms with Crippen molar-refractivity contribution < 1.29 is 9.15 Å². The molecule has 0 aromatic carbocycles. The first kappa shape index (κ1) is 11.9. The summed E-state index contributed by atoms with van der Waals surface area (Å²) in [5.74, 6) is 1.67. The van der Waals surface area contributed by atoms with E-state index in [4.69, 9.17) is 9.15 Å². The van der Waals surface area contributed by atoms with Crippen molar-refractivity contribution in [3.8, 4) is 0 Å². The van der Waals surface area contributed by atoms with Crippen LogP contribution in [0.1, 0.15) is 42.8 Å². The number of aromatic nitrogens is 2. The van der Waals surface area contributed by atoms with Gasteiger partial charge in [-0.1, -0.05) is 6.07 Å². The molecule has 0 spiro atoms. The minimum atomic E-state index is -0.223. The first-order valence-electron chi connectivity index (χ1n) is 6.13. The van der Waals surface area contributed by atoms with Crippen molar-refractivity contribution in [2.45, 2.75) is 31.6 Å². The Labute approximate surface area is 110 Å². The number of rotatable bonds is 3. The van der Waals surface area contributed by atoms with Gasteiger partial charge in [-0.2, -0.15) is 0 Å². The average Bonchev–Trinajstić information content (AvgIpc) is 3.12. The second-order valence-corrected chi connectivity index (χ2v) is 6.06. The Bertz CT molecular complexity index is 513. The number of hydrogen-bond acceptors (Lipinski definition) is 5. The van der Waals surface area contributed by atoms with Crippen LogP contribution in [0.5, 0.6) is 0 Å². The van der Waals surface area contributed by atoms with E-state index in [0.717, 1.165) is 13.0 Å². The van der Waals surface area contributed by atoms with E-state index in [1.807, 2.05) is 6.07 Å². The second-order valence-electron chi connectivity index (χ2n) is 5.11. The molecule has 1 fully saturated rings.